The minimum Gasteiger partial charge on any atom is -0.309 e. The van der Waals surface area contributed by atoms with Crippen molar-refractivity contribution in [2.75, 3.05) is 0 Å². The third-order valence-corrected chi connectivity index (χ3v) is 3.89. The van der Waals surface area contributed by atoms with E-state index in [1.165, 1.54) is 0 Å². The van der Waals surface area contributed by atoms with E-state index in [9.17, 15) is 4.57 Å². The van der Waals surface area contributed by atoms with Gasteiger partial charge in [-0.25, -0.2) is 0 Å². The average molecular weight is 174 g/mol. The Hall–Kier alpha value is -1.25. The van der Waals surface area contributed by atoms with Gasteiger partial charge in [-0.2, -0.15) is 0 Å². The molecule has 0 saturated carbocycles. The molecule has 1 aliphatic rings. The molecule has 0 bridgehead atoms. The third-order valence-electron chi connectivity index (χ3n) is 1.76. The molecule has 1 heterocycles. The molecule has 1 nitrogen and oxygen atoms in total. The zero-order chi connectivity index (χ0) is 8.44. The van der Waals surface area contributed by atoms with Gasteiger partial charge in [0.2, 0.25) is 0 Å². The van der Waals surface area contributed by atoms with Crippen molar-refractivity contribution in [3.63, 3.8) is 0 Å². The second-order valence-corrected chi connectivity index (χ2v) is 5.04. The molecular formula is C10H7OP. The molecule has 1 aliphatic heterocycles. The summed E-state index contributed by atoms with van der Waals surface area (Å²) in [6.45, 7) is 0. The summed E-state index contributed by atoms with van der Waals surface area (Å²) in [6.07, 6.45) is 0. The number of hydrogen-bond donors (Lipinski definition) is 0. The number of benzene rings is 1. The predicted octanol–water partition coefficient (Wildman–Crippen LogP) is 2.47. The fourth-order valence-electron chi connectivity index (χ4n) is 1.11. The molecule has 0 N–H and O–H groups in total. The average Bonchev–Trinajstić information content (AvgIpc) is 2.55. The van der Waals surface area contributed by atoms with E-state index in [-0.39, 0.29) is 0 Å². The SMILES string of the molecule is O=P1(c2ccccc2)C=C=C=C1. The molecule has 0 aromatic heterocycles. The Balaban J connectivity index is 2.54. The van der Waals surface area contributed by atoms with E-state index in [2.05, 4.69) is 11.5 Å². The van der Waals surface area contributed by atoms with Crippen molar-refractivity contribution in [2.24, 2.45) is 0 Å². The van der Waals surface area contributed by atoms with Crippen LogP contribution in [0.25, 0.3) is 0 Å². The highest BCUT2D eigenvalue weighted by Gasteiger charge is 2.18. The molecule has 0 atom stereocenters. The largest absolute Gasteiger partial charge is 0.309 e. The highest BCUT2D eigenvalue weighted by molar-refractivity contribution is 7.77. The lowest BCUT2D eigenvalue weighted by atomic mass is 10.4. The maximum absolute atomic E-state index is 12.0. The van der Waals surface area contributed by atoms with Crippen molar-refractivity contribution >= 4 is 12.4 Å². The van der Waals surface area contributed by atoms with Gasteiger partial charge in [-0.3, -0.25) is 0 Å². The first-order valence-corrected chi connectivity index (χ1v) is 5.51. The van der Waals surface area contributed by atoms with Crippen LogP contribution < -0.4 is 5.30 Å². The summed E-state index contributed by atoms with van der Waals surface area (Å²) in [7, 11) is -2.39. The molecule has 1 aromatic rings. The van der Waals surface area contributed by atoms with Crippen LogP contribution in [0.2, 0.25) is 0 Å². The predicted molar refractivity (Wildman–Crippen MR) is 49.8 cm³/mol. The van der Waals surface area contributed by atoms with Crippen LogP contribution in [0, 0.1) is 0 Å². The maximum Gasteiger partial charge on any atom is 0.173 e. The zero-order valence-corrected chi connectivity index (χ0v) is 7.29. The molecule has 0 unspecified atom stereocenters. The lowest BCUT2D eigenvalue weighted by molar-refractivity contribution is 0.592. The van der Waals surface area contributed by atoms with Crippen molar-refractivity contribution in [3.8, 4) is 0 Å². The van der Waals surface area contributed by atoms with E-state index in [1.54, 1.807) is 11.6 Å². The first kappa shape index (κ1) is 7.40. The fourth-order valence-corrected chi connectivity index (χ4v) is 2.66. The Labute approximate surface area is 71.1 Å². The quantitative estimate of drug-likeness (QED) is 0.472. The van der Waals surface area contributed by atoms with Crippen molar-refractivity contribution in [2.45, 2.75) is 0 Å². The molecule has 1 aromatic carbocycles. The van der Waals surface area contributed by atoms with Gasteiger partial charge in [0.05, 0.1) is 0 Å². The van der Waals surface area contributed by atoms with Crippen molar-refractivity contribution in [1.29, 1.82) is 0 Å². The van der Waals surface area contributed by atoms with Crippen LogP contribution in [-0.4, -0.2) is 0 Å². The van der Waals surface area contributed by atoms with Crippen LogP contribution in [-0.2, 0) is 4.57 Å². The van der Waals surface area contributed by atoms with Crippen molar-refractivity contribution in [1.82, 2.24) is 0 Å². The van der Waals surface area contributed by atoms with Crippen LogP contribution in [0.3, 0.4) is 0 Å². The van der Waals surface area contributed by atoms with Gasteiger partial charge >= 0.3 is 0 Å². The maximum atomic E-state index is 12.0. The third kappa shape index (κ3) is 1.11. The molecule has 0 saturated heterocycles. The topological polar surface area (TPSA) is 17.1 Å². The Morgan fingerprint density at radius 2 is 1.58 bits per heavy atom. The Morgan fingerprint density at radius 1 is 1.00 bits per heavy atom. The van der Waals surface area contributed by atoms with E-state index in [4.69, 9.17) is 0 Å². The summed E-state index contributed by atoms with van der Waals surface area (Å²) in [6, 6.07) is 9.40. The van der Waals surface area contributed by atoms with Crippen LogP contribution >= 0.6 is 7.14 Å². The highest BCUT2D eigenvalue weighted by atomic mass is 31.2. The molecule has 0 radical (unpaired) electrons. The Morgan fingerprint density at radius 3 is 2.17 bits per heavy atom. The first-order valence-electron chi connectivity index (χ1n) is 3.66. The molecule has 0 fully saturated rings. The molecule has 2 heteroatoms. The van der Waals surface area contributed by atoms with Gasteiger partial charge in [-0.15, -0.1) is 0 Å². The highest BCUT2D eigenvalue weighted by Crippen LogP contribution is 2.48. The van der Waals surface area contributed by atoms with Gasteiger partial charge in [-0.05, 0) is 0 Å². The summed E-state index contributed by atoms with van der Waals surface area (Å²) in [5.41, 5.74) is 5.44. The monoisotopic (exact) mass is 174 g/mol. The van der Waals surface area contributed by atoms with E-state index in [0.29, 0.717) is 0 Å². The van der Waals surface area contributed by atoms with Crippen LogP contribution in [0.5, 0.6) is 0 Å². The molecule has 0 amide bonds. The van der Waals surface area contributed by atoms with E-state index in [0.717, 1.165) is 5.30 Å². The molecule has 0 aliphatic carbocycles. The summed E-state index contributed by atoms with van der Waals surface area (Å²) in [4.78, 5) is 0. The number of hydrogen-bond acceptors (Lipinski definition) is 1. The van der Waals surface area contributed by atoms with Gasteiger partial charge in [-0.1, -0.05) is 41.8 Å². The smallest absolute Gasteiger partial charge is 0.173 e. The lowest BCUT2D eigenvalue weighted by Crippen LogP contribution is -1.98. The zero-order valence-electron chi connectivity index (χ0n) is 6.40. The van der Waals surface area contributed by atoms with Crippen LogP contribution in [0.4, 0.5) is 0 Å². The first-order chi connectivity index (χ1) is 5.81. The number of rotatable bonds is 1. The van der Waals surface area contributed by atoms with Gasteiger partial charge in [0.25, 0.3) is 0 Å². The van der Waals surface area contributed by atoms with Crippen molar-refractivity contribution in [3.05, 3.63) is 53.4 Å². The fraction of sp³-hybridized carbons (Fsp3) is 0. The summed E-state index contributed by atoms with van der Waals surface area (Å²) in [5, 5.41) is 0.850. The molecule has 2 rings (SSSR count). The molecule has 12 heavy (non-hydrogen) atoms. The Kier molecular flexibility index (Phi) is 1.64. The molecule has 0 spiro atoms. The van der Waals surface area contributed by atoms with E-state index in [1.807, 2.05) is 30.3 Å². The summed E-state index contributed by atoms with van der Waals surface area (Å²) < 4.78 is 12.0. The Bertz CT molecular complexity index is 412. The standard InChI is InChI=1S/C10H7OP/c11-12(8-4-5-9-12)10-6-2-1-3-7-10/h1-3,6-9H. The van der Waals surface area contributed by atoms with Crippen LogP contribution in [0.1, 0.15) is 0 Å². The van der Waals surface area contributed by atoms with Gasteiger partial charge in [0.15, 0.2) is 7.14 Å². The van der Waals surface area contributed by atoms with Crippen LogP contribution in [0.15, 0.2) is 53.4 Å². The molecule has 58 valence electrons. The lowest BCUT2D eigenvalue weighted by Gasteiger charge is -2.04. The van der Waals surface area contributed by atoms with E-state index < -0.39 is 7.14 Å². The molecular weight excluding hydrogens is 167 g/mol. The van der Waals surface area contributed by atoms with Gasteiger partial charge < -0.3 is 4.57 Å². The summed E-state index contributed by atoms with van der Waals surface area (Å²) >= 11 is 0. The minimum absolute atomic E-state index is 0.850. The van der Waals surface area contributed by atoms with E-state index >= 15 is 0 Å². The normalized spacial score (nSPS) is 17.0. The second kappa shape index (κ2) is 2.66. The second-order valence-electron chi connectivity index (χ2n) is 2.59. The van der Waals surface area contributed by atoms with Gasteiger partial charge in [0, 0.05) is 16.9 Å². The van der Waals surface area contributed by atoms with Gasteiger partial charge in [0.1, 0.15) is 0 Å². The van der Waals surface area contributed by atoms with Crippen molar-refractivity contribution < 1.29 is 4.57 Å². The summed E-state index contributed by atoms with van der Waals surface area (Å²) in [5.74, 6) is 3.20. The minimum atomic E-state index is -2.39.